The monoisotopic (exact) mass is 268 g/mol. The number of ether oxygens (including phenoxy) is 1. The topological polar surface area (TPSA) is 79.3 Å². The summed E-state index contributed by atoms with van der Waals surface area (Å²) in [6.45, 7) is 6.95. The van der Waals surface area contributed by atoms with Crippen molar-refractivity contribution in [3.63, 3.8) is 0 Å². The van der Waals surface area contributed by atoms with Gasteiger partial charge in [0.05, 0.1) is 12.1 Å². The van der Waals surface area contributed by atoms with E-state index in [9.17, 15) is 5.11 Å². The Balaban J connectivity index is 2.92. The number of hydrogen-bond acceptors (Lipinski definition) is 6. The van der Waals surface area contributed by atoms with E-state index in [1.165, 1.54) is 0 Å². The third-order valence-corrected chi connectivity index (χ3v) is 3.02. The molecule has 0 amide bonds. The van der Waals surface area contributed by atoms with Crippen LogP contribution in [0.15, 0.2) is 6.07 Å². The number of nitrogens with one attached hydrogen (secondary N) is 2. The zero-order chi connectivity index (χ0) is 14.3. The lowest BCUT2D eigenvalue weighted by atomic mass is 10.0. The van der Waals surface area contributed by atoms with Gasteiger partial charge < -0.3 is 20.5 Å². The van der Waals surface area contributed by atoms with Crippen molar-refractivity contribution in [2.45, 2.75) is 39.3 Å². The smallest absolute Gasteiger partial charge is 0.158 e. The fourth-order valence-electron chi connectivity index (χ4n) is 1.50. The molecular formula is C13H24N4O2. The third-order valence-electron chi connectivity index (χ3n) is 3.02. The fraction of sp³-hybridized carbons (Fsp3) is 0.692. The van der Waals surface area contributed by atoms with E-state index in [-0.39, 0.29) is 12.1 Å². The van der Waals surface area contributed by atoms with Crippen molar-refractivity contribution in [3.05, 3.63) is 11.9 Å². The SMILES string of the molecule is CCOCc1nc(NC)cc(NC(C)(CC)CO)n1. The first-order valence-electron chi connectivity index (χ1n) is 6.59. The van der Waals surface area contributed by atoms with Crippen molar-refractivity contribution >= 4 is 11.6 Å². The maximum atomic E-state index is 9.44. The summed E-state index contributed by atoms with van der Waals surface area (Å²) >= 11 is 0. The Hall–Kier alpha value is -1.40. The van der Waals surface area contributed by atoms with Crippen LogP contribution in [0.5, 0.6) is 0 Å². The molecule has 1 atom stereocenters. The maximum Gasteiger partial charge on any atom is 0.158 e. The Kier molecular flexibility index (Phi) is 5.98. The molecule has 6 nitrogen and oxygen atoms in total. The highest BCUT2D eigenvalue weighted by Gasteiger charge is 2.21. The largest absolute Gasteiger partial charge is 0.394 e. The zero-order valence-corrected chi connectivity index (χ0v) is 12.2. The minimum Gasteiger partial charge on any atom is -0.394 e. The van der Waals surface area contributed by atoms with Crippen molar-refractivity contribution in [1.82, 2.24) is 9.97 Å². The van der Waals surface area contributed by atoms with E-state index in [2.05, 4.69) is 20.6 Å². The molecule has 3 N–H and O–H groups in total. The van der Waals surface area contributed by atoms with Gasteiger partial charge in [-0.3, -0.25) is 0 Å². The van der Waals surface area contributed by atoms with Gasteiger partial charge in [-0.15, -0.1) is 0 Å². The number of anilines is 2. The van der Waals surface area contributed by atoms with Crippen LogP contribution in [0.4, 0.5) is 11.6 Å². The minimum atomic E-state index is -0.387. The van der Waals surface area contributed by atoms with Crippen molar-refractivity contribution < 1.29 is 9.84 Å². The van der Waals surface area contributed by atoms with Crippen LogP contribution in [0.3, 0.4) is 0 Å². The van der Waals surface area contributed by atoms with Gasteiger partial charge in [-0.25, -0.2) is 9.97 Å². The van der Waals surface area contributed by atoms with Crippen molar-refractivity contribution in [3.8, 4) is 0 Å². The van der Waals surface area contributed by atoms with E-state index in [1.807, 2.05) is 33.9 Å². The van der Waals surface area contributed by atoms with Gasteiger partial charge >= 0.3 is 0 Å². The first kappa shape index (κ1) is 15.7. The molecule has 0 aliphatic rings. The van der Waals surface area contributed by atoms with E-state index < -0.39 is 0 Å². The highest BCUT2D eigenvalue weighted by Crippen LogP contribution is 2.19. The molecule has 0 aliphatic carbocycles. The first-order valence-corrected chi connectivity index (χ1v) is 6.59. The molecule has 0 aliphatic heterocycles. The van der Waals surface area contributed by atoms with Gasteiger partial charge in [0.25, 0.3) is 0 Å². The molecule has 6 heteroatoms. The van der Waals surface area contributed by atoms with Crippen LogP contribution >= 0.6 is 0 Å². The Morgan fingerprint density at radius 2 is 2.00 bits per heavy atom. The molecule has 0 saturated heterocycles. The van der Waals surface area contributed by atoms with Crippen LogP contribution in [0.2, 0.25) is 0 Å². The number of aliphatic hydroxyl groups is 1. The van der Waals surface area contributed by atoms with Crippen molar-refractivity contribution in [2.24, 2.45) is 0 Å². The van der Waals surface area contributed by atoms with Gasteiger partial charge in [-0.2, -0.15) is 0 Å². The molecule has 1 aromatic rings. The van der Waals surface area contributed by atoms with Gasteiger partial charge in [0.1, 0.15) is 18.2 Å². The molecule has 19 heavy (non-hydrogen) atoms. The standard InChI is InChI=1S/C13H24N4O2/c1-5-13(3,9-18)17-11-7-10(14-4)15-12(16-11)8-19-6-2/h7,18H,5-6,8-9H2,1-4H3,(H2,14,15,16,17). The lowest BCUT2D eigenvalue weighted by molar-refractivity contribution is 0.128. The summed E-state index contributed by atoms with van der Waals surface area (Å²) in [6, 6.07) is 1.82. The quantitative estimate of drug-likeness (QED) is 0.665. The predicted molar refractivity (Wildman–Crippen MR) is 76.3 cm³/mol. The normalized spacial score (nSPS) is 13.9. The van der Waals surface area contributed by atoms with E-state index >= 15 is 0 Å². The van der Waals surface area contributed by atoms with Crippen LogP contribution in [0, 0.1) is 0 Å². The average molecular weight is 268 g/mol. The number of aliphatic hydroxyl groups excluding tert-OH is 1. The second-order valence-corrected chi connectivity index (χ2v) is 4.64. The zero-order valence-electron chi connectivity index (χ0n) is 12.2. The molecule has 0 bridgehead atoms. The highest BCUT2D eigenvalue weighted by atomic mass is 16.5. The molecule has 1 unspecified atom stereocenters. The van der Waals surface area contributed by atoms with Gasteiger partial charge in [-0.05, 0) is 20.3 Å². The summed E-state index contributed by atoms with van der Waals surface area (Å²) in [4.78, 5) is 8.72. The molecule has 0 radical (unpaired) electrons. The summed E-state index contributed by atoms with van der Waals surface area (Å²) < 4.78 is 5.33. The molecule has 0 spiro atoms. The van der Waals surface area contributed by atoms with Gasteiger partial charge in [0.15, 0.2) is 5.82 Å². The Bertz CT molecular complexity index is 394. The Morgan fingerprint density at radius 1 is 1.32 bits per heavy atom. The van der Waals surface area contributed by atoms with Gasteiger partial charge in [-0.1, -0.05) is 6.92 Å². The molecule has 0 aromatic carbocycles. The van der Waals surface area contributed by atoms with E-state index in [0.29, 0.717) is 24.9 Å². The highest BCUT2D eigenvalue weighted by molar-refractivity contribution is 5.48. The Morgan fingerprint density at radius 3 is 2.53 bits per heavy atom. The lowest BCUT2D eigenvalue weighted by Crippen LogP contribution is -2.38. The molecule has 108 valence electrons. The summed E-state index contributed by atoms with van der Waals surface area (Å²) in [5.41, 5.74) is -0.387. The summed E-state index contributed by atoms with van der Waals surface area (Å²) in [6.07, 6.45) is 0.795. The number of rotatable bonds is 8. The summed E-state index contributed by atoms with van der Waals surface area (Å²) in [5, 5.41) is 15.7. The molecule has 1 heterocycles. The number of nitrogens with zero attached hydrogens (tertiary/aromatic N) is 2. The van der Waals surface area contributed by atoms with Crippen molar-refractivity contribution in [2.75, 3.05) is 30.9 Å². The molecule has 0 fully saturated rings. The Labute approximate surface area is 114 Å². The van der Waals surface area contributed by atoms with Gasteiger partial charge in [0, 0.05) is 19.7 Å². The second-order valence-electron chi connectivity index (χ2n) is 4.64. The third kappa shape index (κ3) is 4.65. The number of aromatic nitrogens is 2. The molecule has 0 saturated carbocycles. The molecule has 1 aromatic heterocycles. The second kappa shape index (κ2) is 7.25. The average Bonchev–Trinajstić information content (AvgIpc) is 2.44. The fourth-order valence-corrected chi connectivity index (χ4v) is 1.50. The van der Waals surface area contributed by atoms with Crippen LogP contribution < -0.4 is 10.6 Å². The van der Waals surface area contributed by atoms with Crippen LogP contribution in [-0.4, -0.2) is 40.9 Å². The van der Waals surface area contributed by atoms with E-state index in [1.54, 1.807) is 0 Å². The predicted octanol–water partition coefficient (Wildman–Crippen LogP) is 1.63. The summed E-state index contributed by atoms with van der Waals surface area (Å²) in [7, 11) is 1.81. The van der Waals surface area contributed by atoms with E-state index in [4.69, 9.17) is 4.74 Å². The van der Waals surface area contributed by atoms with Gasteiger partial charge in [0.2, 0.25) is 0 Å². The van der Waals surface area contributed by atoms with Crippen LogP contribution in [0.1, 0.15) is 33.0 Å². The van der Waals surface area contributed by atoms with Crippen LogP contribution in [-0.2, 0) is 11.3 Å². The minimum absolute atomic E-state index is 0.0448. The number of hydrogen-bond donors (Lipinski definition) is 3. The lowest BCUT2D eigenvalue weighted by Gasteiger charge is -2.28. The van der Waals surface area contributed by atoms with E-state index in [0.717, 1.165) is 12.2 Å². The molecule has 1 rings (SSSR count). The maximum absolute atomic E-state index is 9.44. The van der Waals surface area contributed by atoms with Crippen molar-refractivity contribution in [1.29, 1.82) is 0 Å². The van der Waals surface area contributed by atoms with Crippen LogP contribution in [0.25, 0.3) is 0 Å². The first-order chi connectivity index (χ1) is 9.06. The summed E-state index contributed by atoms with van der Waals surface area (Å²) in [5.74, 6) is 2.03. The molecular weight excluding hydrogens is 244 g/mol.